The molecule has 0 amide bonds. The van der Waals surface area contributed by atoms with Crippen LogP contribution in [0.1, 0.15) is 0 Å². The zero-order valence-electron chi connectivity index (χ0n) is 27.1. The molecule has 0 atom stereocenters. The predicted octanol–water partition coefficient (Wildman–Crippen LogP) is 12.2. The fraction of sp³-hybridized carbons (Fsp3) is 0. The highest BCUT2D eigenvalue weighted by molar-refractivity contribution is 7.26. The number of para-hydroxylation sites is 2. The Kier molecular flexibility index (Phi) is 6.05. The number of hydrogen-bond acceptors (Lipinski definition) is 5. The minimum atomic E-state index is 0.654. The topological polar surface area (TPSA) is 56.7 Å². The lowest BCUT2D eigenvalue weighted by Crippen LogP contribution is -2.00. The molecule has 0 aliphatic heterocycles. The van der Waals surface area contributed by atoms with E-state index in [0.29, 0.717) is 17.5 Å². The van der Waals surface area contributed by atoms with Crippen LogP contribution in [0.15, 0.2) is 162 Å². The molecular weight excluding hydrogens is 645 g/mol. The number of benzene rings is 7. The highest BCUT2D eigenvalue weighted by atomic mass is 32.1. The smallest absolute Gasteiger partial charge is 0.165 e. The van der Waals surface area contributed by atoms with Crippen LogP contribution in [-0.2, 0) is 0 Å². The molecule has 0 bridgehead atoms. The van der Waals surface area contributed by atoms with Gasteiger partial charge in [0.1, 0.15) is 11.2 Å². The van der Waals surface area contributed by atoms with Crippen molar-refractivity contribution in [2.24, 2.45) is 0 Å². The molecule has 0 aliphatic rings. The molecule has 238 valence electrons. The van der Waals surface area contributed by atoms with E-state index in [4.69, 9.17) is 19.4 Å². The lowest BCUT2D eigenvalue weighted by Gasteiger charge is -2.09. The Morgan fingerprint density at radius 3 is 1.71 bits per heavy atom. The minimum absolute atomic E-state index is 0.654. The number of thiophene rings is 1. The Bertz CT molecular complexity index is 3030. The molecule has 4 aromatic heterocycles. The molecule has 11 aromatic rings. The van der Waals surface area contributed by atoms with Gasteiger partial charge in [-0.3, -0.25) is 0 Å². The molecule has 0 unspecified atom stereocenters. The Morgan fingerprint density at radius 1 is 0.431 bits per heavy atom. The van der Waals surface area contributed by atoms with Crippen molar-refractivity contribution >= 4 is 75.3 Å². The second-order valence-electron chi connectivity index (χ2n) is 12.8. The van der Waals surface area contributed by atoms with Gasteiger partial charge >= 0.3 is 0 Å². The zero-order valence-corrected chi connectivity index (χ0v) is 27.9. The van der Waals surface area contributed by atoms with Crippen LogP contribution in [0.25, 0.3) is 104 Å². The Hall–Kier alpha value is -6.63. The van der Waals surface area contributed by atoms with Crippen LogP contribution in [0.4, 0.5) is 0 Å². The van der Waals surface area contributed by atoms with Gasteiger partial charge in [0.2, 0.25) is 0 Å². The Balaban J connectivity index is 1.08. The van der Waals surface area contributed by atoms with Crippen molar-refractivity contribution in [3.05, 3.63) is 158 Å². The molecular formula is C45H26N4OS. The third-order valence-corrected chi connectivity index (χ3v) is 11.1. The van der Waals surface area contributed by atoms with Gasteiger partial charge in [-0.15, -0.1) is 11.3 Å². The van der Waals surface area contributed by atoms with Gasteiger partial charge in [0.05, 0.1) is 11.0 Å². The van der Waals surface area contributed by atoms with Crippen LogP contribution in [0.3, 0.4) is 0 Å². The van der Waals surface area contributed by atoms with E-state index >= 15 is 0 Å². The average Bonchev–Trinajstić information content (AvgIpc) is 3.86. The van der Waals surface area contributed by atoms with Crippen molar-refractivity contribution < 1.29 is 4.42 Å². The molecule has 51 heavy (non-hydrogen) atoms. The van der Waals surface area contributed by atoms with E-state index in [-0.39, 0.29) is 0 Å². The molecule has 0 fully saturated rings. The summed E-state index contributed by atoms with van der Waals surface area (Å²) >= 11 is 1.75. The van der Waals surface area contributed by atoms with Crippen molar-refractivity contribution in [1.29, 1.82) is 0 Å². The number of furan rings is 1. The molecule has 7 aromatic carbocycles. The van der Waals surface area contributed by atoms with Crippen molar-refractivity contribution in [2.75, 3.05) is 0 Å². The van der Waals surface area contributed by atoms with Crippen molar-refractivity contribution in [3.8, 4) is 39.9 Å². The van der Waals surface area contributed by atoms with Gasteiger partial charge in [-0.05, 0) is 42.5 Å². The first-order valence-corrected chi connectivity index (χ1v) is 17.8. The maximum absolute atomic E-state index is 6.62. The highest BCUT2D eigenvalue weighted by Gasteiger charge is 2.19. The Morgan fingerprint density at radius 2 is 1.02 bits per heavy atom. The van der Waals surface area contributed by atoms with Crippen LogP contribution < -0.4 is 0 Å². The van der Waals surface area contributed by atoms with Crippen molar-refractivity contribution in [3.63, 3.8) is 0 Å². The van der Waals surface area contributed by atoms with E-state index in [1.807, 2.05) is 60.7 Å². The van der Waals surface area contributed by atoms with Crippen LogP contribution in [-0.4, -0.2) is 19.5 Å². The second-order valence-corrected chi connectivity index (χ2v) is 13.9. The van der Waals surface area contributed by atoms with E-state index in [2.05, 4.69) is 102 Å². The summed E-state index contributed by atoms with van der Waals surface area (Å²) in [5.74, 6) is 1.97. The number of rotatable bonds is 4. The summed E-state index contributed by atoms with van der Waals surface area (Å²) in [5.41, 5.74) is 8.09. The average molecular weight is 671 g/mol. The van der Waals surface area contributed by atoms with Gasteiger partial charge in [0.15, 0.2) is 17.5 Å². The van der Waals surface area contributed by atoms with Crippen molar-refractivity contribution in [2.45, 2.75) is 0 Å². The van der Waals surface area contributed by atoms with Gasteiger partial charge in [-0.2, -0.15) is 0 Å². The summed E-state index contributed by atoms with van der Waals surface area (Å²) in [6, 6.07) is 54.9. The van der Waals surface area contributed by atoms with Gasteiger partial charge in [-0.1, -0.05) is 109 Å². The first-order chi connectivity index (χ1) is 25.3. The monoisotopic (exact) mass is 670 g/mol. The highest BCUT2D eigenvalue weighted by Crippen LogP contribution is 2.43. The molecule has 11 rings (SSSR count). The summed E-state index contributed by atoms with van der Waals surface area (Å²) in [4.78, 5) is 15.0. The van der Waals surface area contributed by atoms with Gasteiger partial charge < -0.3 is 8.98 Å². The summed E-state index contributed by atoms with van der Waals surface area (Å²) in [5, 5.41) is 7.06. The first kappa shape index (κ1) is 28.2. The summed E-state index contributed by atoms with van der Waals surface area (Å²) in [6.45, 7) is 0. The van der Waals surface area contributed by atoms with Crippen LogP contribution in [0.5, 0.6) is 0 Å². The molecule has 6 heteroatoms. The summed E-state index contributed by atoms with van der Waals surface area (Å²) < 4.78 is 11.3. The van der Waals surface area contributed by atoms with Crippen LogP contribution in [0.2, 0.25) is 0 Å². The quantitative estimate of drug-likeness (QED) is 0.187. The van der Waals surface area contributed by atoms with Gasteiger partial charge in [0.25, 0.3) is 0 Å². The molecule has 0 spiro atoms. The van der Waals surface area contributed by atoms with Crippen LogP contribution >= 0.6 is 11.3 Å². The number of nitrogens with zero attached hydrogens (tertiary/aromatic N) is 4. The molecule has 0 saturated carbocycles. The SMILES string of the molecule is c1ccc(-c2nc(-c3ccccc3)nc(-c3cccc4c3sc3cc5oc6cc(-n7c8ccccc8c8ccccc87)ccc6c5cc34)n2)cc1. The molecule has 0 radical (unpaired) electrons. The lowest BCUT2D eigenvalue weighted by molar-refractivity contribution is 0.669. The standard InChI is InChI=1S/C45H26N4OS/c1-3-12-27(13-4-1)43-46-44(28-14-5-2-6-15-28)48-45(47-43)34-19-11-18-33-36-25-35-32-23-22-29(24-39(32)50-40(35)26-41(36)51-42(33)34)49-37-20-9-7-16-30(37)31-17-8-10-21-38(31)49/h1-26H. The van der Waals surface area contributed by atoms with E-state index in [1.165, 1.54) is 32.6 Å². The largest absolute Gasteiger partial charge is 0.456 e. The van der Waals surface area contributed by atoms with E-state index in [0.717, 1.165) is 53.7 Å². The van der Waals surface area contributed by atoms with Crippen molar-refractivity contribution in [1.82, 2.24) is 19.5 Å². The third kappa shape index (κ3) is 4.37. The maximum atomic E-state index is 6.62. The summed E-state index contributed by atoms with van der Waals surface area (Å²) in [7, 11) is 0. The molecule has 0 saturated heterocycles. The van der Waals surface area contributed by atoms with Gasteiger partial charge in [0, 0.05) is 70.2 Å². The summed E-state index contributed by atoms with van der Waals surface area (Å²) in [6.07, 6.45) is 0. The van der Waals surface area contributed by atoms with E-state index in [1.54, 1.807) is 11.3 Å². The fourth-order valence-electron chi connectivity index (χ4n) is 7.50. The fourth-order valence-corrected chi connectivity index (χ4v) is 8.72. The maximum Gasteiger partial charge on any atom is 0.165 e. The van der Waals surface area contributed by atoms with E-state index < -0.39 is 0 Å². The lowest BCUT2D eigenvalue weighted by atomic mass is 10.1. The molecule has 0 aliphatic carbocycles. The van der Waals surface area contributed by atoms with Crippen LogP contribution in [0, 0.1) is 0 Å². The first-order valence-electron chi connectivity index (χ1n) is 16.9. The number of fused-ring (bicyclic) bond motifs is 9. The molecule has 0 N–H and O–H groups in total. The molecule has 4 heterocycles. The minimum Gasteiger partial charge on any atom is -0.456 e. The second kappa shape index (κ2) is 10.9. The predicted molar refractivity (Wildman–Crippen MR) is 211 cm³/mol. The number of hydrogen-bond donors (Lipinski definition) is 0. The third-order valence-electron chi connectivity index (χ3n) is 9.85. The number of aromatic nitrogens is 4. The normalized spacial score (nSPS) is 11.9. The molecule has 5 nitrogen and oxygen atoms in total. The zero-order chi connectivity index (χ0) is 33.5. The Labute approximate surface area is 295 Å². The van der Waals surface area contributed by atoms with Gasteiger partial charge in [-0.25, -0.2) is 15.0 Å². The van der Waals surface area contributed by atoms with E-state index in [9.17, 15) is 0 Å².